The molecule has 4 heteroatoms. The van der Waals surface area contributed by atoms with Crippen molar-refractivity contribution in [1.82, 2.24) is 5.32 Å². The molecule has 2 rings (SSSR count). The summed E-state index contributed by atoms with van der Waals surface area (Å²) in [5, 5.41) is 12.2. The SMILES string of the molecule is CC1(C)C(C(=O)NC(CO)c2ccco2)C1(C)C. The number of hydrogen-bond donors (Lipinski definition) is 2. The lowest BCUT2D eigenvalue weighted by molar-refractivity contribution is -0.124. The summed E-state index contributed by atoms with van der Waals surface area (Å²) in [4.78, 5) is 12.2. The van der Waals surface area contributed by atoms with E-state index >= 15 is 0 Å². The third-order valence-electron chi connectivity index (χ3n) is 4.67. The van der Waals surface area contributed by atoms with Gasteiger partial charge in [0.25, 0.3) is 0 Å². The lowest BCUT2D eigenvalue weighted by Gasteiger charge is -2.14. The number of furan rings is 1. The molecule has 18 heavy (non-hydrogen) atoms. The van der Waals surface area contributed by atoms with Crippen LogP contribution >= 0.6 is 0 Å². The number of nitrogens with one attached hydrogen (secondary N) is 1. The maximum atomic E-state index is 12.2. The van der Waals surface area contributed by atoms with Gasteiger partial charge in [0.2, 0.25) is 5.91 Å². The van der Waals surface area contributed by atoms with E-state index in [1.807, 2.05) is 0 Å². The second-order valence-corrected chi connectivity index (χ2v) is 6.14. The van der Waals surface area contributed by atoms with E-state index in [0.29, 0.717) is 5.76 Å². The molecular formula is C14H21NO3. The zero-order valence-electron chi connectivity index (χ0n) is 11.4. The van der Waals surface area contributed by atoms with E-state index in [9.17, 15) is 9.90 Å². The minimum Gasteiger partial charge on any atom is -0.467 e. The molecule has 1 aliphatic carbocycles. The van der Waals surface area contributed by atoms with Crippen molar-refractivity contribution in [3.63, 3.8) is 0 Å². The van der Waals surface area contributed by atoms with Gasteiger partial charge in [0.15, 0.2) is 0 Å². The van der Waals surface area contributed by atoms with Crippen molar-refractivity contribution < 1.29 is 14.3 Å². The summed E-state index contributed by atoms with van der Waals surface area (Å²) in [6.45, 7) is 8.22. The number of amides is 1. The average Bonchev–Trinajstić information content (AvgIpc) is 2.70. The van der Waals surface area contributed by atoms with E-state index in [-0.39, 0.29) is 29.3 Å². The van der Waals surface area contributed by atoms with Gasteiger partial charge >= 0.3 is 0 Å². The Morgan fingerprint density at radius 1 is 1.44 bits per heavy atom. The zero-order valence-corrected chi connectivity index (χ0v) is 11.4. The molecule has 100 valence electrons. The molecule has 0 aliphatic heterocycles. The van der Waals surface area contributed by atoms with Crippen molar-refractivity contribution in [2.45, 2.75) is 33.7 Å². The number of rotatable bonds is 4. The molecule has 4 nitrogen and oxygen atoms in total. The van der Waals surface area contributed by atoms with Gasteiger partial charge in [-0.05, 0) is 23.0 Å². The Hall–Kier alpha value is -1.29. The van der Waals surface area contributed by atoms with Gasteiger partial charge in [0.05, 0.1) is 12.9 Å². The van der Waals surface area contributed by atoms with Crippen molar-refractivity contribution in [2.24, 2.45) is 16.7 Å². The Morgan fingerprint density at radius 3 is 2.44 bits per heavy atom. The fourth-order valence-electron chi connectivity index (χ4n) is 2.80. The Morgan fingerprint density at radius 2 is 2.06 bits per heavy atom. The van der Waals surface area contributed by atoms with Gasteiger partial charge < -0.3 is 14.8 Å². The highest BCUT2D eigenvalue weighted by atomic mass is 16.3. The predicted octanol–water partition coefficient (Wildman–Crippen LogP) is 2.11. The van der Waals surface area contributed by atoms with Crippen LogP contribution < -0.4 is 5.32 Å². The molecule has 1 atom stereocenters. The molecule has 0 bridgehead atoms. The van der Waals surface area contributed by atoms with Gasteiger partial charge in [-0.3, -0.25) is 4.79 Å². The van der Waals surface area contributed by atoms with Crippen molar-refractivity contribution in [1.29, 1.82) is 0 Å². The van der Waals surface area contributed by atoms with E-state index < -0.39 is 6.04 Å². The molecule has 2 N–H and O–H groups in total. The van der Waals surface area contributed by atoms with Crippen LogP contribution in [0.2, 0.25) is 0 Å². The lowest BCUT2D eigenvalue weighted by atomic mass is 10.0. The summed E-state index contributed by atoms with van der Waals surface area (Å²) in [5.74, 6) is 0.552. The minimum absolute atomic E-state index is 0.000251. The van der Waals surface area contributed by atoms with Crippen molar-refractivity contribution >= 4 is 5.91 Å². The normalized spacial score (nSPS) is 22.5. The van der Waals surface area contributed by atoms with E-state index in [2.05, 4.69) is 33.0 Å². The number of carbonyl (C=O) groups excluding carboxylic acids is 1. The first-order chi connectivity index (χ1) is 8.32. The van der Waals surface area contributed by atoms with Crippen LogP contribution in [0.15, 0.2) is 22.8 Å². The molecular weight excluding hydrogens is 230 g/mol. The van der Waals surface area contributed by atoms with Crippen LogP contribution in [0, 0.1) is 16.7 Å². The molecule has 1 aromatic heterocycles. The molecule has 1 unspecified atom stereocenters. The summed E-state index contributed by atoms with van der Waals surface area (Å²) >= 11 is 0. The number of aliphatic hydroxyl groups excluding tert-OH is 1. The largest absolute Gasteiger partial charge is 0.467 e. The molecule has 0 spiro atoms. The predicted molar refractivity (Wildman–Crippen MR) is 67.7 cm³/mol. The molecule has 1 aliphatic rings. The highest BCUT2D eigenvalue weighted by Crippen LogP contribution is 2.68. The molecule has 0 saturated heterocycles. The number of carbonyl (C=O) groups is 1. The summed E-state index contributed by atoms with van der Waals surface area (Å²) in [6.07, 6.45) is 1.54. The highest BCUT2D eigenvalue weighted by molar-refractivity contribution is 5.84. The van der Waals surface area contributed by atoms with Crippen LogP contribution in [0.1, 0.15) is 39.5 Å². The highest BCUT2D eigenvalue weighted by Gasteiger charge is 2.68. The Labute approximate surface area is 107 Å². The fraction of sp³-hybridized carbons (Fsp3) is 0.643. The van der Waals surface area contributed by atoms with E-state index in [4.69, 9.17) is 4.42 Å². The van der Waals surface area contributed by atoms with Crippen LogP contribution in [0.4, 0.5) is 0 Å². The lowest BCUT2D eigenvalue weighted by Crippen LogP contribution is -2.33. The van der Waals surface area contributed by atoms with Crippen LogP contribution in [0.5, 0.6) is 0 Å². The standard InChI is InChI=1S/C14H21NO3/c1-13(2)11(14(13,3)4)12(17)15-9(8-16)10-6-5-7-18-10/h5-7,9,11,16H,8H2,1-4H3,(H,15,17). The Balaban J connectivity index is 2.05. The monoisotopic (exact) mass is 251 g/mol. The van der Waals surface area contributed by atoms with Gasteiger partial charge in [-0.15, -0.1) is 0 Å². The smallest absolute Gasteiger partial charge is 0.224 e. The Bertz CT molecular complexity index is 420. The van der Waals surface area contributed by atoms with Gasteiger partial charge in [-0.1, -0.05) is 27.7 Å². The minimum atomic E-state index is -0.459. The fourth-order valence-corrected chi connectivity index (χ4v) is 2.80. The van der Waals surface area contributed by atoms with Crippen LogP contribution in [0.25, 0.3) is 0 Å². The van der Waals surface area contributed by atoms with Crippen LogP contribution in [0.3, 0.4) is 0 Å². The molecule has 1 heterocycles. The molecule has 1 aromatic rings. The van der Waals surface area contributed by atoms with Crippen molar-refractivity contribution in [3.05, 3.63) is 24.2 Å². The molecule has 1 fully saturated rings. The van der Waals surface area contributed by atoms with Gasteiger partial charge in [-0.25, -0.2) is 0 Å². The average molecular weight is 251 g/mol. The molecule has 1 saturated carbocycles. The first-order valence-corrected chi connectivity index (χ1v) is 6.27. The van der Waals surface area contributed by atoms with Crippen molar-refractivity contribution in [2.75, 3.05) is 6.61 Å². The van der Waals surface area contributed by atoms with Crippen LogP contribution in [-0.2, 0) is 4.79 Å². The summed E-state index contributed by atoms with van der Waals surface area (Å²) < 4.78 is 5.22. The maximum Gasteiger partial charge on any atom is 0.224 e. The summed E-state index contributed by atoms with van der Waals surface area (Å²) in [5.41, 5.74) is 0.000502. The second-order valence-electron chi connectivity index (χ2n) is 6.14. The Kier molecular flexibility index (Phi) is 3.01. The topological polar surface area (TPSA) is 62.5 Å². The van der Waals surface area contributed by atoms with Gasteiger partial charge in [0.1, 0.15) is 11.8 Å². The third-order valence-corrected chi connectivity index (χ3v) is 4.67. The van der Waals surface area contributed by atoms with Gasteiger partial charge in [-0.2, -0.15) is 0 Å². The molecule has 0 aromatic carbocycles. The van der Waals surface area contributed by atoms with E-state index in [1.165, 1.54) is 6.26 Å². The zero-order chi connectivity index (χ0) is 13.6. The molecule has 0 radical (unpaired) electrons. The summed E-state index contributed by atoms with van der Waals surface area (Å²) in [6, 6.07) is 3.04. The second kappa shape index (κ2) is 4.12. The summed E-state index contributed by atoms with van der Waals surface area (Å²) in [7, 11) is 0. The first-order valence-electron chi connectivity index (χ1n) is 6.27. The quantitative estimate of drug-likeness (QED) is 0.861. The first kappa shape index (κ1) is 13.1. The van der Waals surface area contributed by atoms with E-state index in [1.54, 1.807) is 12.1 Å². The number of aliphatic hydroxyl groups is 1. The molecule has 1 amide bonds. The van der Waals surface area contributed by atoms with Crippen molar-refractivity contribution in [3.8, 4) is 0 Å². The third kappa shape index (κ3) is 1.85. The van der Waals surface area contributed by atoms with E-state index in [0.717, 1.165) is 0 Å². The maximum absolute atomic E-state index is 12.2. The number of hydrogen-bond acceptors (Lipinski definition) is 3. The van der Waals surface area contributed by atoms with Gasteiger partial charge in [0, 0.05) is 5.92 Å². The van der Waals surface area contributed by atoms with Crippen LogP contribution in [-0.4, -0.2) is 17.6 Å².